The first kappa shape index (κ1) is 37.1. The smallest absolute Gasteiger partial charge is 0.416 e. The topological polar surface area (TPSA) is 163 Å². The van der Waals surface area contributed by atoms with Crippen LogP contribution in [0.3, 0.4) is 0 Å². The third kappa shape index (κ3) is 10.8. The van der Waals surface area contributed by atoms with Crippen molar-refractivity contribution in [3.63, 3.8) is 0 Å². The monoisotopic (exact) mass is 714 g/mol. The molecule has 0 aliphatic carbocycles. The summed E-state index contributed by atoms with van der Waals surface area (Å²) in [4.78, 5) is 23.9. The number of amides is 4. The van der Waals surface area contributed by atoms with Crippen LogP contribution >= 0.6 is 34.8 Å². The molecule has 0 spiro atoms. The molecule has 2 unspecified atom stereocenters. The lowest BCUT2D eigenvalue weighted by molar-refractivity contribution is -0.137. The molecule has 0 saturated heterocycles. The lowest BCUT2D eigenvalue weighted by atomic mass is 10.1. The summed E-state index contributed by atoms with van der Waals surface area (Å²) in [6, 6.07) is 14.5. The van der Waals surface area contributed by atoms with E-state index in [1.165, 1.54) is 38.1 Å². The number of anilines is 4. The number of carbonyl (C=O) groups excluding carboxylic acids is 2. The van der Waals surface area contributed by atoms with E-state index >= 15 is 0 Å². The fraction of sp³-hybridized carbons (Fsp3) is 0.161. The first-order valence-electron chi connectivity index (χ1n) is 13.4. The van der Waals surface area contributed by atoms with Crippen molar-refractivity contribution in [2.75, 3.05) is 21.3 Å². The highest BCUT2D eigenvalue weighted by atomic mass is 35.5. The summed E-state index contributed by atoms with van der Waals surface area (Å²) in [5.74, 6) is -0.590. The normalized spacial score (nSPS) is 12.2. The van der Waals surface area contributed by atoms with Crippen LogP contribution in [0.15, 0.2) is 72.8 Å². The van der Waals surface area contributed by atoms with Gasteiger partial charge in [-0.15, -0.1) is 0 Å². The Morgan fingerprint density at radius 2 is 0.979 bits per heavy atom. The number of hydrogen-bond donors (Lipinski definition) is 8. The largest absolute Gasteiger partial charge is 0.505 e. The number of nitrogens with one attached hydrogen (secondary N) is 4. The summed E-state index contributed by atoms with van der Waals surface area (Å²) in [6.07, 6.45) is -6.40. The lowest BCUT2D eigenvalue weighted by Gasteiger charge is -2.14. The summed E-state index contributed by atoms with van der Waals surface area (Å²) in [7, 11) is 0. The van der Waals surface area contributed by atoms with Crippen molar-refractivity contribution < 1.29 is 43.2 Å². The molecule has 0 radical (unpaired) electrons. The van der Waals surface area contributed by atoms with Gasteiger partial charge in [-0.05, 0) is 86.6 Å². The second-order valence-corrected chi connectivity index (χ2v) is 11.2. The zero-order valence-corrected chi connectivity index (χ0v) is 26.7. The molecule has 10 nitrogen and oxygen atoms in total. The van der Waals surface area contributed by atoms with Gasteiger partial charge >= 0.3 is 18.2 Å². The molecule has 4 aromatic rings. The van der Waals surface area contributed by atoms with Gasteiger partial charge in [0.25, 0.3) is 0 Å². The Bertz CT molecular complexity index is 1720. The van der Waals surface area contributed by atoms with E-state index in [0.717, 1.165) is 24.3 Å². The predicted molar refractivity (Wildman–Crippen MR) is 176 cm³/mol. The zero-order chi connectivity index (χ0) is 35.1. The van der Waals surface area contributed by atoms with E-state index < -0.39 is 36.0 Å². The van der Waals surface area contributed by atoms with Gasteiger partial charge in [0, 0.05) is 37.6 Å². The van der Waals surface area contributed by atoms with E-state index in [1.54, 1.807) is 24.3 Å². The maximum absolute atomic E-state index is 12.5. The lowest BCUT2D eigenvalue weighted by Crippen LogP contribution is -2.20. The Morgan fingerprint density at radius 3 is 1.32 bits per heavy atom. The molecule has 4 amide bonds. The Balaban J connectivity index is 0.000000257. The summed E-state index contributed by atoms with van der Waals surface area (Å²) >= 11 is 17.6. The van der Waals surface area contributed by atoms with E-state index in [-0.39, 0.29) is 49.7 Å². The standard InChI is InChI=1S/C16H14ClF3N2O3.C15H14Cl2N2O3/c1-8(23)12-6-10(17)7-13(14(12)24)22-15(25)21-11-4-2-9(3-5-11)16(18,19)20;1-8(20)12-6-10(17)7-13(14(12)21)19-15(22)18-11-4-2-9(16)3-5-11/h2-8,23-24H,1H3,(H2,21,22,25);2-8,20-21H,1H3,(H2,18,19,22). The van der Waals surface area contributed by atoms with Gasteiger partial charge in [0.2, 0.25) is 0 Å². The van der Waals surface area contributed by atoms with Crippen LogP contribution in [0.1, 0.15) is 42.7 Å². The minimum Gasteiger partial charge on any atom is -0.505 e. The molecule has 0 fully saturated rings. The van der Waals surface area contributed by atoms with Crippen LogP contribution in [-0.4, -0.2) is 32.5 Å². The molecule has 250 valence electrons. The van der Waals surface area contributed by atoms with Crippen molar-refractivity contribution in [3.8, 4) is 11.5 Å². The third-order valence-corrected chi connectivity index (χ3v) is 6.87. The van der Waals surface area contributed by atoms with E-state index in [9.17, 15) is 43.2 Å². The number of aromatic hydroxyl groups is 2. The van der Waals surface area contributed by atoms with Crippen molar-refractivity contribution in [1.29, 1.82) is 0 Å². The zero-order valence-electron chi connectivity index (χ0n) is 24.5. The highest BCUT2D eigenvalue weighted by Crippen LogP contribution is 2.36. The van der Waals surface area contributed by atoms with Gasteiger partial charge in [-0.2, -0.15) is 13.2 Å². The van der Waals surface area contributed by atoms with Gasteiger partial charge < -0.3 is 41.7 Å². The summed E-state index contributed by atoms with van der Waals surface area (Å²) < 4.78 is 37.5. The molecule has 4 rings (SSSR count). The Hall–Kier alpha value is -4.40. The molecule has 0 aliphatic rings. The molecule has 0 saturated carbocycles. The number of phenols is 2. The summed E-state index contributed by atoms with van der Waals surface area (Å²) in [6.45, 7) is 2.90. The fourth-order valence-electron chi connectivity index (χ4n) is 3.91. The van der Waals surface area contributed by atoms with Gasteiger partial charge in [-0.1, -0.05) is 34.8 Å². The molecule has 0 aromatic heterocycles. The van der Waals surface area contributed by atoms with Crippen molar-refractivity contribution >= 4 is 69.6 Å². The molecule has 47 heavy (non-hydrogen) atoms. The molecule has 0 aliphatic heterocycles. The Morgan fingerprint density at radius 1 is 0.617 bits per heavy atom. The van der Waals surface area contributed by atoms with Gasteiger partial charge in [-0.3, -0.25) is 0 Å². The second-order valence-electron chi connectivity index (χ2n) is 9.87. The highest BCUT2D eigenvalue weighted by molar-refractivity contribution is 6.31. The predicted octanol–water partition coefficient (Wildman–Crippen LogP) is 9.16. The minimum atomic E-state index is -4.47. The first-order valence-corrected chi connectivity index (χ1v) is 14.6. The SMILES string of the molecule is CC(O)c1cc(Cl)cc(NC(=O)Nc2ccc(C(F)(F)F)cc2)c1O.CC(O)c1cc(Cl)cc(NC(=O)Nc2ccc(Cl)cc2)c1O. The molecule has 0 bridgehead atoms. The number of hydrogen-bond acceptors (Lipinski definition) is 6. The third-order valence-electron chi connectivity index (χ3n) is 6.18. The number of rotatable bonds is 6. The second kappa shape index (κ2) is 15.9. The Kier molecular flexibility index (Phi) is 12.6. The first-order chi connectivity index (χ1) is 21.9. The Labute approximate surface area is 281 Å². The molecule has 16 heteroatoms. The number of benzene rings is 4. The van der Waals surface area contributed by atoms with E-state index in [1.807, 2.05) is 0 Å². The van der Waals surface area contributed by atoms with Crippen molar-refractivity contribution in [2.24, 2.45) is 0 Å². The maximum atomic E-state index is 12.5. The highest BCUT2D eigenvalue weighted by Gasteiger charge is 2.30. The van der Waals surface area contributed by atoms with Crippen molar-refractivity contribution in [2.45, 2.75) is 32.2 Å². The van der Waals surface area contributed by atoms with E-state index in [4.69, 9.17) is 34.8 Å². The van der Waals surface area contributed by atoms with Crippen molar-refractivity contribution in [1.82, 2.24) is 0 Å². The van der Waals surface area contributed by atoms with E-state index in [2.05, 4.69) is 21.3 Å². The maximum Gasteiger partial charge on any atom is 0.416 e. The number of alkyl halides is 3. The van der Waals surface area contributed by atoms with Crippen molar-refractivity contribution in [3.05, 3.63) is 105 Å². The average molecular weight is 716 g/mol. The average Bonchev–Trinajstić information content (AvgIpc) is 2.97. The molecule has 2 atom stereocenters. The molecular formula is C31H28Cl3F3N4O6. The quantitative estimate of drug-likeness (QED) is 0.0928. The number of carbonyl (C=O) groups is 2. The number of urea groups is 2. The van der Waals surface area contributed by atoms with Crippen LogP contribution in [0.4, 0.5) is 45.5 Å². The molecular weight excluding hydrogens is 688 g/mol. The molecule has 8 N–H and O–H groups in total. The van der Waals surface area contributed by atoms with Crippen LogP contribution in [0, 0.1) is 0 Å². The number of phenolic OH excluding ortho intramolecular Hbond substituents is 2. The summed E-state index contributed by atoms with van der Waals surface area (Å²) in [5.41, 5.74) is 0.240. The fourth-order valence-corrected chi connectivity index (χ4v) is 4.49. The number of aliphatic hydroxyl groups is 2. The number of aliphatic hydroxyl groups excluding tert-OH is 2. The van der Waals surface area contributed by atoms with Gasteiger partial charge in [-0.25, -0.2) is 9.59 Å². The van der Waals surface area contributed by atoms with E-state index in [0.29, 0.717) is 10.7 Å². The molecule has 4 aromatic carbocycles. The van der Waals surface area contributed by atoms with Gasteiger partial charge in [0.1, 0.15) is 11.5 Å². The van der Waals surface area contributed by atoms with Crippen LogP contribution in [0.2, 0.25) is 15.1 Å². The molecule has 0 heterocycles. The van der Waals surface area contributed by atoms with Crippen LogP contribution in [0.5, 0.6) is 11.5 Å². The number of halogens is 6. The van der Waals surface area contributed by atoms with Crippen LogP contribution in [-0.2, 0) is 6.18 Å². The van der Waals surface area contributed by atoms with Gasteiger partial charge in [0.05, 0.1) is 29.1 Å². The van der Waals surface area contributed by atoms with Gasteiger partial charge in [0.15, 0.2) is 0 Å². The van der Waals surface area contributed by atoms with Crippen LogP contribution in [0.25, 0.3) is 0 Å². The summed E-state index contributed by atoms with van der Waals surface area (Å²) in [5, 5.41) is 50.0. The minimum absolute atomic E-state index is 0.0483. The van der Waals surface area contributed by atoms with Crippen LogP contribution < -0.4 is 21.3 Å².